The number of nitrogens with zero attached hydrogens (tertiary/aromatic N) is 1. The number of hydrogen-bond donors (Lipinski definition) is 3. The van der Waals surface area contributed by atoms with Gasteiger partial charge in [-0.3, -0.25) is 14.4 Å². The van der Waals surface area contributed by atoms with Gasteiger partial charge in [0.2, 0.25) is 5.91 Å². The van der Waals surface area contributed by atoms with Crippen LogP contribution in [0.2, 0.25) is 0 Å². The van der Waals surface area contributed by atoms with E-state index in [2.05, 4.69) is 22.0 Å². The average molecular weight is 583 g/mol. The molecule has 0 bridgehead atoms. The van der Waals surface area contributed by atoms with Crippen molar-refractivity contribution in [3.63, 3.8) is 0 Å². The number of benzene rings is 2. The van der Waals surface area contributed by atoms with E-state index < -0.39 is 11.8 Å². The second-order valence-corrected chi connectivity index (χ2v) is 11.4. The van der Waals surface area contributed by atoms with Crippen molar-refractivity contribution in [1.29, 1.82) is 5.26 Å². The maximum Gasteiger partial charge on any atom is 0.272 e. The summed E-state index contributed by atoms with van der Waals surface area (Å²) in [6, 6.07) is 21.3. The molecule has 8 nitrogen and oxygen atoms in total. The Bertz CT molecular complexity index is 1640. The maximum atomic E-state index is 13.2. The predicted octanol–water partition coefficient (Wildman–Crippen LogP) is 6.23. The van der Waals surface area contributed by atoms with Gasteiger partial charge in [-0.05, 0) is 73.7 Å². The normalized spacial score (nSPS) is 12.6. The zero-order valence-electron chi connectivity index (χ0n) is 21.9. The van der Waals surface area contributed by atoms with Gasteiger partial charge in [0.25, 0.3) is 11.8 Å². The summed E-state index contributed by atoms with van der Waals surface area (Å²) in [5.74, 6) is -0.616. The number of hydrogen-bond acceptors (Lipinski definition) is 7. The molecule has 3 N–H and O–H groups in total. The fourth-order valence-corrected chi connectivity index (χ4v) is 6.41. The third kappa shape index (κ3) is 7.14. The molecule has 5 rings (SSSR count). The molecular formula is C31H26N4O4S2. The highest BCUT2D eigenvalue weighted by molar-refractivity contribution is 8.00. The van der Waals surface area contributed by atoms with Crippen LogP contribution < -0.4 is 16.0 Å². The minimum Gasteiger partial charge on any atom is -0.465 e. The molecule has 4 aromatic rings. The molecule has 0 atom stereocenters. The minimum absolute atomic E-state index is 0.0122. The second-order valence-electron chi connectivity index (χ2n) is 9.24. The van der Waals surface area contributed by atoms with Crippen molar-refractivity contribution in [1.82, 2.24) is 5.32 Å². The second kappa shape index (κ2) is 13.2. The quantitative estimate of drug-likeness (QED) is 0.159. The first-order valence-corrected chi connectivity index (χ1v) is 14.8. The topological polar surface area (TPSA) is 124 Å². The first kappa shape index (κ1) is 28.0. The molecule has 0 unspecified atom stereocenters. The summed E-state index contributed by atoms with van der Waals surface area (Å²) in [7, 11) is 0. The lowest BCUT2D eigenvalue weighted by Gasteiger charge is -2.12. The van der Waals surface area contributed by atoms with E-state index in [-0.39, 0.29) is 17.4 Å². The number of aryl methyl sites for hydroxylation is 1. The van der Waals surface area contributed by atoms with Crippen molar-refractivity contribution in [3.05, 3.63) is 106 Å². The Labute approximate surface area is 245 Å². The van der Waals surface area contributed by atoms with Crippen molar-refractivity contribution in [3.8, 4) is 6.07 Å². The van der Waals surface area contributed by atoms with Gasteiger partial charge in [-0.2, -0.15) is 5.26 Å². The third-order valence-electron chi connectivity index (χ3n) is 6.36. The minimum atomic E-state index is -0.531. The number of anilines is 2. The monoisotopic (exact) mass is 582 g/mol. The molecule has 1 aliphatic rings. The summed E-state index contributed by atoms with van der Waals surface area (Å²) in [6.45, 7) is 0. The zero-order chi connectivity index (χ0) is 28.6. The maximum absolute atomic E-state index is 13.2. The van der Waals surface area contributed by atoms with E-state index in [1.807, 2.05) is 6.07 Å². The van der Waals surface area contributed by atoms with Crippen molar-refractivity contribution in [2.24, 2.45) is 0 Å². The van der Waals surface area contributed by atoms with Crippen LogP contribution in [0.4, 0.5) is 10.7 Å². The summed E-state index contributed by atoms with van der Waals surface area (Å²) in [5, 5.41) is 18.7. The van der Waals surface area contributed by atoms with Gasteiger partial charge in [0.15, 0.2) is 0 Å². The summed E-state index contributed by atoms with van der Waals surface area (Å²) < 4.78 is 5.34. The molecule has 1 aliphatic carbocycles. The molecule has 2 aromatic carbocycles. The highest BCUT2D eigenvalue weighted by Gasteiger charge is 2.22. The number of rotatable bonds is 9. The molecule has 0 saturated heterocycles. The van der Waals surface area contributed by atoms with Crippen LogP contribution in [-0.2, 0) is 22.4 Å². The molecular weight excluding hydrogens is 556 g/mol. The molecule has 2 aromatic heterocycles. The Morgan fingerprint density at radius 2 is 1.83 bits per heavy atom. The van der Waals surface area contributed by atoms with E-state index in [0.717, 1.165) is 36.1 Å². The Hall–Kier alpha value is -4.59. The SMILES string of the molecule is N#Cc1c(NC(=O)CSc2cccc(NC(=O)/C(=C/c3ccco3)NC(=O)c3ccccc3)c2)sc2c1CCCC2. The summed E-state index contributed by atoms with van der Waals surface area (Å²) in [4.78, 5) is 40.6. The Kier molecular flexibility index (Phi) is 8.98. The summed E-state index contributed by atoms with van der Waals surface area (Å²) in [5.41, 5.74) is 2.59. The van der Waals surface area contributed by atoms with E-state index in [1.165, 1.54) is 40.3 Å². The van der Waals surface area contributed by atoms with Crippen LogP contribution in [0.5, 0.6) is 0 Å². The highest BCUT2D eigenvalue weighted by atomic mass is 32.2. The fourth-order valence-electron chi connectivity index (χ4n) is 4.40. The van der Waals surface area contributed by atoms with Gasteiger partial charge in [0, 0.05) is 27.1 Å². The smallest absolute Gasteiger partial charge is 0.272 e. The number of furan rings is 1. The van der Waals surface area contributed by atoms with Crippen molar-refractivity contribution < 1.29 is 18.8 Å². The van der Waals surface area contributed by atoms with E-state index >= 15 is 0 Å². The number of carbonyl (C=O) groups excluding carboxylic acids is 3. The van der Waals surface area contributed by atoms with Crippen molar-refractivity contribution >= 4 is 57.6 Å². The molecule has 41 heavy (non-hydrogen) atoms. The number of amides is 3. The van der Waals surface area contributed by atoms with Gasteiger partial charge in [-0.25, -0.2) is 0 Å². The van der Waals surface area contributed by atoms with Gasteiger partial charge in [-0.15, -0.1) is 23.1 Å². The number of thiophene rings is 1. The number of thioether (sulfide) groups is 1. The molecule has 10 heteroatoms. The number of fused-ring (bicyclic) bond motifs is 1. The summed E-state index contributed by atoms with van der Waals surface area (Å²) >= 11 is 2.82. The first-order chi connectivity index (χ1) is 20.0. The van der Waals surface area contributed by atoms with Crippen LogP contribution in [0.15, 0.2) is 88.0 Å². The average Bonchev–Trinajstić information content (AvgIpc) is 3.63. The van der Waals surface area contributed by atoms with Crippen LogP contribution in [0, 0.1) is 11.3 Å². The molecule has 0 aliphatic heterocycles. The lowest BCUT2D eigenvalue weighted by atomic mass is 9.96. The molecule has 0 saturated carbocycles. The van der Waals surface area contributed by atoms with E-state index in [0.29, 0.717) is 27.6 Å². The number of carbonyl (C=O) groups is 3. The molecule has 3 amide bonds. The van der Waals surface area contributed by atoms with Gasteiger partial charge >= 0.3 is 0 Å². The Morgan fingerprint density at radius 1 is 1.00 bits per heavy atom. The van der Waals surface area contributed by atoms with E-state index in [1.54, 1.807) is 60.7 Å². The van der Waals surface area contributed by atoms with E-state index in [9.17, 15) is 19.6 Å². The fraction of sp³-hybridized carbons (Fsp3) is 0.161. The molecule has 2 heterocycles. The third-order valence-corrected chi connectivity index (χ3v) is 8.56. The van der Waals surface area contributed by atoms with Crippen LogP contribution in [-0.4, -0.2) is 23.5 Å². The number of nitrogens with one attached hydrogen (secondary N) is 3. The first-order valence-electron chi connectivity index (χ1n) is 13.0. The van der Waals surface area contributed by atoms with Crippen molar-refractivity contribution in [2.75, 3.05) is 16.4 Å². The van der Waals surface area contributed by atoms with Crippen LogP contribution in [0.3, 0.4) is 0 Å². The molecule has 206 valence electrons. The van der Waals surface area contributed by atoms with Crippen LogP contribution in [0.25, 0.3) is 6.08 Å². The lowest BCUT2D eigenvalue weighted by Crippen LogP contribution is -2.30. The standard InChI is InChI=1S/C31H26N4O4S2/c32-18-25-24-13-4-5-14-27(24)41-31(25)35-28(36)19-40-23-12-6-10-21(16-23)33-30(38)26(17-22-11-7-15-39-22)34-29(37)20-8-2-1-3-9-20/h1-3,6-12,15-17H,4-5,13-14,19H2,(H,33,38)(H,34,37)(H,35,36)/b26-17-. The largest absolute Gasteiger partial charge is 0.465 e. The zero-order valence-corrected chi connectivity index (χ0v) is 23.6. The lowest BCUT2D eigenvalue weighted by molar-refractivity contribution is -0.114. The highest BCUT2D eigenvalue weighted by Crippen LogP contribution is 2.37. The number of nitriles is 1. The van der Waals surface area contributed by atoms with Gasteiger partial charge in [-0.1, -0.05) is 24.3 Å². The summed E-state index contributed by atoms with van der Waals surface area (Å²) in [6.07, 6.45) is 6.93. The van der Waals surface area contributed by atoms with Gasteiger partial charge < -0.3 is 20.4 Å². The molecule has 0 spiro atoms. The van der Waals surface area contributed by atoms with Gasteiger partial charge in [0.1, 0.15) is 22.5 Å². The van der Waals surface area contributed by atoms with E-state index in [4.69, 9.17) is 4.42 Å². The molecule has 0 radical (unpaired) electrons. The Balaban J connectivity index is 1.23. The van der Waals surface area contributed by atoms with Crippen LogP contribution >= 0.6 is 23.1 Å². The van der Waals surface area contributed by atoms with Crippen molar-refractivity contribution in [2.45, 2.75) is 30.6 Å². The van der Waals surface area contributed by atoms with Crippen LogP contribution in [0.1, 0.15) is 45.0 Å². The predicted molar refractivity (Wildman–Crippen MR) is 161 cm³/mol. The molecule has 0 fully saturated rings. The van der Waals surface area contributed by atoms with Gasteiger partial charge in [0.05, 0.1) is 17.6 Å². The Morgan fingerprint density at radius 3 is 2.61 bits per heavy atom.